The van der Waals surface area contributed by atoms with E-state index in [2.05, 4.69) is 20.3 Å². The Balaban J connectivity index is 1.81. The minimum atomic E-state index is -3.03. The zero-order valence-electron chi connectivity index (χ0n) is 12.7. The largest absolute Gasteiger partial charge is 0.364 e. The number of aromatic nitrogens is 4. The molecule has 0 saturated carbocycles. The van der Waals surface area contributed by atoms with Crippen LogP contribution in [0, 0.1) is 0 Å². The van der Waals surface area contributed by atoms with E-state index < -0.39 is 9.84 Å². The van der Waals surface area contributed by atoms with Crippen molar-refractivity contribution in [1.82, 2.24) is 19.5 Å². The Hall–Kier alpha value is -2.48. The van der Waals surface area contributed by atoms with E-state index in [1.807, 2.05) is 30.3 Å². The summed E-state index contributed by atoms with van der Waals surface area (Å²) in [6, 6.07) is 9.97. The van der Waals surface area contributed by atoms with Crippen LogP contribution >= 0.6 is 0 Å². The highest BCUT2D eigenvalue weighted by atomic mass is 32.2. The van der Waals surface area contributed by atoms with Crippen molar-refractivity contribution in [2.45, 2.75) is 13.1 Å². The fraction of sp³-hybridized carbons (Fsp3) is 0.267. The summed E-state index contributed by atoms with van der Waals surface area (Å²) < 4.78 is 24.3. The van der Waals surface area contributed by atoms with E-state index in [4.69, 9.17) is 0 Å². The van der Waals surface area contributed by atoms with Gasteiger partial charge >= 0.3 is 0 Å². The van der Waals surface area contributed by atoms with Crippen LogP contribution < -0.4 is 5.32 Å². The summed E-state index contributed by atoms with van der Waals surface area (Å²) in [5, 5.41) is 3.24. The van der Waals surface area contributed by atoms with E-state index in [0.717, 1.165) is 5.56 Å². The summed E-state index contributed by atoms with van der Waals surface area (Å²) in [6.45, 7) is 0.952. The van der Waals surface area contributed by atoms with Crippen molar-refractivity contribution in [2.24, 2.45) is 0 Å². The van der Waals surface area contributed by atoms with E-state index >= 15 is 0 Å². The van der Waals surface area contributed by atoms with E-state index in [1.165, 1.54) is 12.6 Å². The Labute approximate surface area is 134 Å². The average Bonchev–Trinajstić information content (AvgIpc) is 2.95. The highest BCUT2D eigenvalue weighted by molar-refractivity contribution is 7.90. The number of sulfone groups is 1. The SMILES string of the molecule is CS(=O)(=O)CCn1cnc2c(NCc3ccccc3)ncnc21. The quantitative estimate of drug-likeness (QED) is 0.736. The summed E-state index contributed by atoms with van der Waals surface area (Å²) in [5.41, 5.74) is 2.40. The molecule has 0 bridgehead atoms. The van der Waals surface area contributed by atoms with E-state index in [9.17, 15) is 8.42 Å². The lowest BCUT2D eigenvalue weighted by molar-refractivity contribution is 0.595. The van der Waals surface area contributed by atoms with Gasteiger partial charge in [-0.3, -0.25) is 0 Å². The van der Waals surface area contributed by atoms with Gasteiger partial charge in [0.25, 0.3) is 0 Å². The summed E-state index contributed by atoms with van der Waals surface area (Å²) in [4.78, 5) is 12.8. The Kier molecular flexibility index (Phi) is 4.24. The highest BCUT2D eigenvalue weighted by Crippen LogP contribution is 2.18. The maximum absolute atomic E-state index is 11.3. The maximum Gasteiger partial charge on any atom is 0.165 e. The predicted octanol–water partition coefficient (Wildman–Crippen LogP) is 1.48. The summed E-state index contributed by atoms with van der Waals surface area (Å²) in [5.74, 6) is 0.687. The zero-order chi connectivity index (χ0) is 16.3. The molecule has 2 heterocycles. The van der Waals surface area contributed by atoms with Crippen LogP contribution in [0.15, 0.2) is 43.0 Å². The van der Waals surface area contributed by atoms with Crippen LogP contribution in [-0.4, -0.2) is 39.9 Å². The molecule has 0 saturated heterocycles. The maximum atomic E-state index is 11.3. The molecule has 0 aliphatic rings. The van der Waals surface area contributed by atoms with Crippen molar-refractivity contribution in [2.75, 3.05) is 17.3 Å². The van der Waals surface area contributed by atoms with Crippen LogP contribution in [0.5, 0.6) is 0 Å². The highest BCUT2D eigenvalue weighted by Gasteiger charge is 2.11. The number of benzene rings is 1. The molecule has 0 amide bonds. The van der Waals surface area contributed by atoms with Gasteiger partial charge in [0.2, 0.25) is 0 Å². The number of nitrogens with zero attached hydrogens (tertiary/aromatic N) is 4. The topological polar surface area (TPSA) is 89.8 Å². The Morgan fingerprint density at radius 1 is 1.13 bits per heavy atom. The van der Waals surface area contributed by atoms with Gasteiger partial charge in [-0.2, -0.15) is 0 Å². The summed E-state index contributed by atoms with van der Waals surface area (Å²) in [6.07, 6.45) is 4.26. The number of hydrogen-bond donors (Lipinski definition) is 1. The van der Waals surface area contributed by atoms with E-state index in [-0.39, 0.29) is 5.75 Å². The second-order valence-corrected chi connectivity index (χ2v) is 7.56. The second-order valence-electron chi connectivity index (χ2n) is 5.30. The third kappa shape index (κ3) is 3.84. The minimum absolute atomic E-state index is 0.0508. The van der Waals surface area contributed by atoms with E-state index in [1.54, 1.807) is 10.9 Å². The van der Waals surface area contributed by atoms with Crippen molar-refractivity contribution < 1.29 is 8.42 Å². The van der Waals surface area contributed by atoms with Crippen LogP contribution in [0.25, 0.3) is 11.2 Å². The molecule has 0 radical (unpaired) electrons. The zero-order valence-corrected chi connectivity index (χ0v) is 13.5. The van der Waals surface area contributed by atoms with Crippen LogP contribution in [0.3, 0.4) is 0 Å². The lowest BCUT2D eigenvalue weighted by atomic mass is 10.2. The molecule has 0 aliphatic carbocycles. The molecular formula is C15H17N5O2S. The third-order valence-corrected chi connectivity index (χ3v) is 4.33. The standard InChI is InChI=1S/C15H17N5O2S/c1-23(21,22)8-7-20-11-19-13-14(17-10-18-15(13)20)16-9-12-5-3-2-4-6-12/h2-6,10-11H,7-9H2,1H3,(H,16,17,18). The van der Waals surface area contributed by atoms with Crippen molar-refractivity contribution in [3.05, 3.63) is 48.5 Å². The molecule has 3 rings (SSSR count). The Bertz CT molecular complexity index is 906. The first-order valence-corrected chi connectivity index (χ1v) is 9.20. The molecule has 23 heavy (non-hydrogen) atoms. The minimum Gasteiger partial charge on any atom is -0.364 e. The normalized spacial score (nSPS) is 11.7. The average molecular weight is 331 g/mol. The number of rotatable bonds is 6. The number of aryl methyl sites for hydroxylation is 1. The van der Waals surface area contributed by atoms with Gasteiger partial charge in [0.1, 0.15) is 21.7 Å². The first kappa shape index (κ1) is 15.4. The summed E-state index contributed by atoms with van der Waals surface area (Å²) in [7, 11) is -3.03. The molecule has 3 aromatic rings. The number of hydrogen-bond acceptors (Lipinski definition) is 6. The predicted molar refractivity (Wildman–Crippen MR) is 88.8 cm³/mol. The fourth-order valence-corrected chi connectivity index (χ4v) is 2.75. The van der Waals surface area contributed by atoms with Crippen LogP contribution in [0.1, 0.15) is 5.56 Å². The molecule has 0 spiro atoms. The lowest BCUT2D eigenvalue weighted by Gasteiger charge is -2.06. The van der Waals surface area contributed by atoms with Crippen molar-refractivity contribution in [3.8, 4) is 0 Å². The monoisotopic (exact) mass is 331 g/mol. The molecule has 2 aromatic heterocycles. The molecule has 1 N–H and O–H groups in total. The smallest absolute Gasteiger partial charge is 0.165 e. The molecule has 0 aliphatic heterocycles. The van der Waals surface area contributed by atoms with Gasteiger partial charge in [0.15, 0.2) is 11.5 Å². The van der Waals surface area contributed by atoms with E-state index in [0.29, 0.717) is 30.1 Å². The number of fused-ring (bicyclic) bond motifs is 1. The molecular weight excluding hydrogens is 314 g/mol. The summed E-state index contributed by atoms with van der Waals surface area (Å²) >= 11 is 0. The van der Waals surface area contributed by atoms with Gasteiger partial charge in [-0.05, 0) is 5.56 Å². The van der Waals surface area contributed by atoms with Crippen molar-refractivity contribution >= 4 is 26.8 Å². The first-order valence-electron chi connectivity index (χ1n) is 7.14. The van der Waals surface area contributed by atoms with Gasteiger partial charge in [0, 0.05) is 19.3 Å². The van der Waals surface area contributed by atoms with Crippen LogP contribution in [-0.2, 0) is 22.9 Å². The van der Waals surface area contributed by atoms with Gasteiger partial charge in [-0.15, -0.1) is 0 Å². The first-order chi connectivity index (χ1) is 11.0. The number of anilines is 1. The molecule has 7 nitrogen and oxygen atoms in total. The van der Waals surface area contributed by atoms with Crippen molar-refractivity contribution in [3.63, 3.8) is 0 Å². The van der Waals surface area contributed by atoms with Crippen LogP contribution in [0.4, 0.5) is 5.82 Å². The van der Waals surface area contributed by atoms with Gasteiger partial charge in [0.05, 0.1) is 12.1 Å². The molecule has 0 atom stereocenters. The van der Waals surface area contributed by atoms with Crippen LogP contribution in [0.2, 0.25) is 0 Å². The van der Waals surface area contributed by atoms with Gasteiger partial charge < -0.3 is 9.88 Å². The van der Waals surface area contributed by atoms with Crippen molar-refractivity contribution in [1.29, 1.82) is 0 Å². The van der Waals surface area contributed by atoms with Gasteiger partial charge in [-0.25, -0.2) is 23.4 Å². The molecule has 8 heteroatoms. The molecule has 1 aromatic carbocycles. The molecule has 0 fully saturated rings. The molecule has 0 unspecified atom stereocenters. The number of imidazole rings is 1. The number of nitrogens with one attached hydrogen (secondary N) is 1. The molecule has 120 valence electrons. The lowest BCUT2D eigenvalue weighted by Crippen LogP contribution is -2.11. The fourth-order valence-electron chi connectivity index (χ4n) is 2.22. The second kappa shape index (κ2) is 6.33. The Morgan fingerprint density at radius 3 is 2.65 bits per heavy atom. The Morgan fingerprint density at radius 2 is 1.91 bits per heavy atom. The van der Waals surface area contributed by atoms with Gasteiger partial charge in [-0.1, -0.05) is 30.3 Å². The third-order valence-electron chi connectivity index (χ3n) is 3.41.